The maximum Gasteiger partial charge on any atom is 0.272 e. The van der Waals surface area contributed by atoms with Crippen LogP contribution in [0.25, 0.3) is 10.9 Å². The summed E-state index contributed by atoms with van der Waals surface area (Å²) in [5.41, 5.74) is 1.13. The molecule has 6 nitrogen and oxygen atoms in total. The molecule has 0 aromatic carbocycles. The van der Waals surface area contributed by atoms with Crippen LogP contribution in [-0.2, 0) is 0 Å². The fraction of sp³-hybridized carbons (Fsp3) is 0.636. The Morgan fingerprint density at radius 3 is 2.39 bits per heavy atom. The largest absolute Gasteiger partial charge is 0.337 e. The number of nitrogens with zero attached hydrogens (tertiary/aromatic N) is 3. The maximum absolute atomic E-state index is 13.1. The highest BCUT2D eigenvalue weighted by atomic mass is 16.2. The van der Waals surface area contributed by atoms with Crippen molar-refractivity contribution >= 4 is 16.8 Å². The predicted molar refractivity (Wildman–Crippen MR) is 105 cm³/mol. The lowest BCUT2D eigenvalue weighted by Gasteiger charge is -2.63. The molecule has 1 saturated heterocycles. The molecule has 0 atom stereocenters. The molecule has 1 amide bonds. The summed E-state index contributed by atoms with van der Waals surface area (Å²) in [6.45, 7) is 1.65. The Labute approximate surface area is 163 Å². The van der Waals surface area contributed by atoms with Crippen molar-refractivity contribution in [3.63, 3.8) is 0 Å². The molecule has 3 heterocycles. The first kappa shape index (κ1) is 16.7. The topological polar surface area (TPSA) is 79.0 Å². The second-order valence-corrected chi connectivity index (χ2v) is 9.65. The lowest BCUT2D eigenvalue weighted by molar-refractivity contribution is -0.132. The molecule has 4 saturated carbocycles. The Balaban J connectivity index is 1.22. The molecule has 6 heteroatoms. The van der Waals surface area contributed by atoms with Gasteiger partial charge in [0.25, 0.3) is 11.5 Å². The molecule has 2 aromatic heterocycles. The summed E-state index contributed by atoms with van der Waals surface area (Å²) in [5, 5.41) is 0.426. The Kier molecular flexibility index (Phi) is 3.50. The highest BCUT2D eigenvalue weighted by Gasteiger charge is 2.57. The zero-order chi connectivity index (χ0) is 18.9. The minimum Gasteiger partial charge on any atom is -0.337 e. The molecule has 0 unspecified atom stereocenters. The van der Waals surface area contributed by atoms with Gasteiger partial charge in [-0.05, 0) is 80.1 Å². The third-order valence-electron chi connectivity index (χ3n) is 8.49. The van der Waals surface area contributed by atoms with Crippen molar-refractivity contribution in [3.05, 3.63) is 34.6 Å². The molecule has 7 rings (SSSR count). The lowest BCUT2D eigenvalue weighted by atomic mass is 9.43. The van der Waals surface area contributed by atoms with Crippen molar-refractivity contribution in [2.24, 2.45) is 29.1 Å². The highest BCUT2D eigenvalue weighted by Crippen LogP contribution is 2.65. The van der Waals surface area contributed by atoms with Crippen LogP contribution in [0.5, 0.6) is 0 Å². The third-order valence-corrected chi connectivity index (χ3v) is 8.49. The number of rotatable bonds is 1. The summed E-state index contributed by atoms with van der Waals surface area (Å²) < 4.78 is 0. The molecule has 146 valence electrons. The SMILES string of the molecule is O=C(c1cc2c(=O)[nH]cnc2cn1)N1CCC2(CC1)C1CC3CC(C1)CC2C3. The van der Waals surface area contributed by atoms with Crippen LogP contribution < -0.4 is 5.56 Å². The number of carbonyl (C=O) groups excluding carboxylic acids is 1. The highest BCUT2D eigenvalue weighted by molar-refractivity contribution is 5.95. The van der Waals surface area contributed by atoms with E-state index in [4.69, 9.17) is 0 Å². The van der Waals surface area contributed by atoms with Gasteiger partial charge in [-0.25, -0.2) is 9.97 Å². The Bertz CT molecular complexity index is 975. The normalized spacial score (nSPS) is 32.9. The number of carbonyl (C=O) groups is 1. The van der Waals surface area contributed by atoms with Crippen LogP contribution in [-0.4, -0.2) is 38.8 Å². The lowest BCUT2D eigenvalue weighted by Crippen LogP contribution is -2.57. The molecular formula is C22H26N4O2. The maximum atomic E-state index is 13.1. The quantitative estimate of drug-likeness (QED) is 0.827. The van der Waals surface area contributed by atoms with Gasteiger partial charge in [0.05, 0.1) is 23.4 Å². The molecule has 28 heavy (non-hydrogen) atoms. The summed E-state index contributed by atoms with van der Waals surface area (Å²) >= 11 is 0. The third kappa shape index (κ3) is 2.32. The van der Waals surface area contributed by atoms with E-state index in [2.05, 4.69) is 15.0 Å². The van der Waals surface area contributed by atoms with Crippen molar-refractivity contribution in [1.29, 1.82) is 0 Å². The van der Waals surface area contributed by atoms with E-state index in [1.807, 2.05) is 4.90 Å². The van der Waals surface area contributed by atoms with Crippen LogP contribution in [0, 0.1) is 29.1 Å². The van der Waals surface area contributed by atoms with Crippen molar-refractivity contribution in [2.75, 3.05) is 13.1 Å². The second-order valence-electron chi connectivity index (χ2n) is 9.65. The number of hydrogen-bond donors (Lipinski definition) is 1. The molecule has 4 aliphatic carbocycles. The summed E-state index contributed by atoms with van der Waals surface area (Å²) in [7, 11) is 0. The first-order valence-corrected chi connectivity index (χ1v) is 10.7. The smallest absolute Gasteiger partial charge is 0.272 e. The fourth-order valence-electron chi connectivity index (χ4n) is 7.32. The molecule has 5 fully saturated rings. The van der Waals surface area contributed by atoms with Crippen molar-refractivity contribution in [3.8, 4) is 0 Å². The summed E-state index contributed by atoms with van der Waals surface area (Å²) in [5.74, 6) is 3.71. The van der Waals surface area contributed by atoms with Gasteiger partial charge in [-0.2, -0.15) is 0 Å². The molecule has 1 aliphatic heterocycles. The van der Waals surface area contributed by atoms with Gasteiger partial charge in [-0.1, -0.05) is 0 Å². The van der Waals surface area contributed by atoms with E-state index in [9.17, 15) is 9.59 Å². The number of hydrogen-bond acceptors (Lipinski definition) is 4. The number of nitrogens with one attached hydrogen (secondary N) is 1. The summed E-state index contributed by atoms with van der Waals surface area (Å²) in [6, 6.07) is 1.59. The number of piperidine rings is 1. The number of pyridine rings is 1. The standard InChI is InChI=1S/C22H26N4O2/c27-20-17-10-18(23-11-19(17)24-12-25-20)21(28)26-3-1-22(2-4-26)15-6-13-5-14(8-15)9-16(22)7-13/h10-16H,1-9H2,(H,24,25,27). The molecule has 1 N–H and O–H groups in total. The van der Waals surface area contributed by atoms with Crippen LogP contribution in [0.4, 0.5) is 0 Å². The molecule has 5 aliphatic rings. The van der Waals surface area contributed by atoms with Gasteiger partial charge >= 0.3 is 0 Å². The first-order valence-electron chi connectivity index (χ1n) is 10.7. The fourth-order valence-corrected chi connectivity index (χ4v) is 7.32. The van der Waals surface area contributed by atoms with E-state index >= 15 is 0 Å². The van der Waals surface area contributed by atoms with Crippen molar-refractivity contribution in [1.82, 2.24) is 19.9 Å². The van der Waals surface area contributed by atoms with E-state index in [1.54, 1.807) is 6.07 Å². The average molecular weight is 378 g/mol. The minimum absolute atomic E-state index is 0.0520. The summed E-state index contributed by atoms with van der Waals surface area (Å²) in [6.07, 6.45) is 12.4. The first-order chi connectivity index (χ1) is 13.6. The van der Waals surface area contributed by atoms with Gasteiger partial charge in [0, 0.05) is 13.1 Å². The number of likely N-dealkylation sites (tertiary alicyclic amines) is 1. The van der Waals surface area contributed by atoms with Gasteiger partial charge in [-0.3, -0.25) is 9.59 Å². The van der Waals surface area contributed by atoms with Gasteiger partial charge in [0.15, 0.2) is 0 Å². The van der Waals surface area contributed by atoms with Gasteiger partial charge < -0.3 is 9.88 Å². The number of amides is 1. The van der Waals surface area contributed by atoms with E-state index in [1.165, 1.54) is 44.6 Å². The van der Waals surface area contributed by atoms with E-state index in [0.717, 1.165) is 49.6 Å². The van der Waals surface area contributed by atoms with Crippen LogP contribution in [0.15, 0.2) is 23.4 Å². The van der Waals surface area contributed by atoms with Gasteiger partial charge in [-0.15, -0.1) is 0 Å². The molecule has 2 aromatic rings. The number of H-pyrrole nitrogens is 1. The Morgan fingerprint density at radius 1 is 1.04 bits per heavy atom. The number of fused-ring (bicyclic) bond motifs is 1. The van der Waals surface area contributed by atoms with Crippen LogP contribution >= 0.6 is 0 Å². The molecule has 4 bridgehead atoms. The van der Waals surface area contributed by atoms with E-state index < -0.39 is 0 Å². The summed E-state index contributed by atoms with van der Waals surface area (Å²) in [4.78, 5) is 38.0. The van der Waals surface area contributed by atoms with E-state index in [-0.39, 0.29) is 11.5 Å². The average Bonchev–Trinajstić information content (AvgIpc) is 2.72. The molecule has 0 radical (unpaired) electrons. The molecule has 1 spiro atoms. The zero-order valence-electron chi connectivity index (χ0n) is 16.1. The number of aromatic nitrogens is 3. The van der Waals surface area contributed by atoms with Crippen molar-refractivity contribution in [2.45, 2.75) is 44.9 Å². The zero-order valence-corrected chi connectivity index (χ0v) is 16.1. The van der Waals surface area contributed by atoms with Crippen LogP contribution in [0.2, 0.25) is 0 Å². The second kappa shape index (κ2) is 5.88. The monoisotopic (exact) mass is 378 g/mol. The predicted octanol–water partition coefficient (Wildman–Crippen LogP) is 3.00. The van der Waals surface area contributed by atoms with Gasteiger partial charge in [0.2, 0.25) is 0 Å². The van der Waals surface area contributed by atoms with Crippen LogP contribution in [0.1, 0.15) is 55.4 Å². The Hall–Kier alpha value is -2.24. The number of aromatic amines is 1. The van der Waals surface area contributed by atoms with E-state index in [0.29, 0.717) is 22.0 Å². The minimum atomic E-state index is -0.229. The van der Waals surface area contributed by atoms with Gasteiger partial charge in [0.1, 0.15) is 5.69 Å². The molecular weight excluding hydrogens is 352 g/mol. The Morgan fingerprint density at radius 2 is 1.71 bits per heavy atom. The van der Waals surface area contributed by atoms with Crippen molar-refractivity contribution < 1.29 is 4.79 Å². The van der Waals surface area contributed by atoms with Crippen LogP contribution in [0.3, 0.4) is 0 Å².